The first-order chi connectivity index (χ1) is 11.6. The number of unbranched alkanes of at least 4 members (excludes halogenated alkanes) is 1. The van der Waals surface area contributed by atoms with Crippen LogP contribution in [0.15, 0.2) is 48.5 Å². The van der Waals surface area contributed by atoms with Gasteiger partial charge in [0.15, 0.2) is 6.10 Å². The van der Waals surface area contributed by atoms with Crippen LogP contribution in [0, 0.1) is 6.92 Å². The third-order valence-corrected chi connectivity index (χ3v) is 4.07. The predicted molar refractivity (Wildman–Crippen MR) is 99.6 cm³/mol. The molecule has 0 unspecified atom stereocenters. The van der Waals surface area contributed by atoms with E-state index in [2.05, 4.69) is 24.4 Å². The number of hydrogen-bond acceptors (Lipinski definition) is 2. The van der Waals surface area contributed by atoms with Crippen LogP contribution in [0.1, 0.15) is 44.2 Å². The van der Waals surface area contributed by atoms with Crippen molar-refractivity contribution in [2.75, 3.05) is 5.32 Å². The zero-order chi connectivity index (χ0) is 17.4. The first-order valence-electron chi connectivity index (χ1n) is 8.76. The van der Waals surface area contributed by atoms with Crippen LogP contribution in [0.2, 0.25) is 0 Å². The van der Waals surface area contributed by atoms with Gasteiger partial charge in [0, 0.05) is 5.69 Å². The molecule has 3 heteroatoms. The van der Waals surface area contributed by atoms with E-state index in [0.29, 0.717) is 6.42 Å². The van der Waals surface area contributed by atoms with Crippen molar-refractivity contribution in [3.8, 4) is 5.75 Å². The molecule has 0 radical (unpaired) electrons. The third-order valence-electron chi connectivity index (χ3n) is 4.07. The highest BCUT2D eigenvalue weighted by atomic mass is 16.5. The highest BCUT2D eigenvalue weighted by Crippen LogP contribution is 2.20. The van der Waals surface area contributed by atoms with Crippen LogP contribution in [-0.2, 0) is 11.2 Å². The van der Waals surface area contributed by atoms with Crippen molar-refractivity contribution in [3.63, 3.8) is 0 Å². The van der Waals surface area contributed by atoms with Gasteiger partial charge in [0.25, 0.3) is 5.91 Å². The van der Waals surface area contributed by atoms with Gasteiger partial charge in [0.2, 0.25) is 0 Å². The van der Waals surface area contributed by atoms with Crippen molar-refractivity contribution in [1.82, 2.24) is 0 Å². The second-order valence-corrected chi connectivity index (χ2v) is 6.07. The summed E-state index contributed by atoms with van der Waals surface area (Å²) >= 11 is 0. The van der Waals surface area contributed by atoms with E-state index in [1.165, 1.54) is 18.4 Å². The van der Waals surface area contributed by atoms with Crippen LogP contribution in [0.3, 0.4) is 0 Å². The topological polar surface area (TPSA) is 38.3 Å². The molecule has 3 nitrogen and oxygen atoms in total. The van der Waals surface area contributed by atoms with Gasteiger partial charge in [0.05, 0.1) is 0 Å². The molecule has 0 aliphatic carbocycles. The number of rotatable bonds is 8. The Bertz CT molecular complexity index is 649. The molecule has 2 rings (SSSR count). The van der Waals surface area contributed by atoms with E-state index >= 15 is 0 Å². The van der Waals surface area contributed by atoms with Gasteiger partial charge in [-0.2, -0.15) is 0 Å². The van der Waals surface area contributed by atoms with Gasteiger partial charge >= 0.3 is 0 Å². The van der Waals surface area contributed by atoms with Crippen molar-refractivity contribution in [2.45, 2.75) is 52.6 Å². The molecule has 0 aliphatic rings. The number of amides is 1. The Kier molecular flexibility index (Phi) is 6.86. The largest absolute Gasteiger partial charge is 0.480 e. The van der Waals surface area contributed by atoms with E-state index in [1.807, 2.05) is 50.2 Å². The Labute approximate surface area is 145 Å². The molecule has 2 aromatic rings. The van der Waals surface area contributed by atoms with Gasteiger partial charge in [-0.15, -0.1) is 0 Å². The lowest BCUT2D eigenvalue weighted by Crippen LogP contribution is -2.32. The Morgan fingerprint density at radius 3 is 2.42 bits per heavy atom. The minimum absolute atomic E-state index is 0.109. The molecule has 1 atom stereocenters. The summed E-state index contributed by atoms with van der Waals surface area (Å²) in [5.41, 5.74) is 3.15. The molecule has 0 aliphatic heterocycles. The van der Waals surface area contributed by atoms with E-state index in [4.69, 9.17) is 4.74 Å². The smallest absolute Gasteiger partial charge is 0.265 e. The van der Waals surface area contributed by atoms with Gasteiger partial charge in [-0.05, 0) is 55.5 Å². The average Bonchev–Trinajstić information content (AvgIpc) is 2.60. The fraction of sp³-hybridized carbons (Fsp3) is 0.381. The van der Waals surface area contributed by atoms with Crippen LogP contribution in [0.25, 0.3) is 0 Å². The summed E-state index contributed by atoms with van der Waals surface area (Å²) in [4.78, 5) is 12.5. The van der Waals surface area contributed by atoms with Gasteiger partial charge in [-0.1, -0.05) is 50.6 Å². The Morgan fingerprint density at radius 2 is 1.79 bits per heavy atom. The number of carbonyl (C=O) groups is 1. The first-order valence-corrected chi connectivity index (χ1v) is 8.76. The Morgan fingerprint density at radius 1 is 1.08 bits per heavy atom. The number of anilines is 1. The molecule has 0 heterocycles. The van der Waals surface area contributed by atoms with Gasteiger partial charge < -0.3 is 10.1 Å². The van der Waals surface area contributed by atoms with Crippen LogP contribution < -0.4 is 10.1 Å². The minimum Gasteiger partial charge on any atom is -0.480 e. The summed E-state index contributed by atoms with van der Waals surface area (Å²) in [6.45, 7) is 6.12. The lowest BCUT2D eigenvalue weighted by Gasteiger charge is -2.18. The van der Waals surface area contributed by atoms with Crippen molar-refractivity contribution >= 4 is 11.6 Å². The molecule has 1 N–H and O–H groups in total. The van der Waals surface area contributed by atoms with Crippen molar-refractivity contribution in [2.24, 2.45) is 0 Å². The number of ether oxygens (including phenoxy) is 1. The summed E-state index contributed by atoms with van der Waals surface area (Å²) in [5.74, 6) is 0.650. The van der Waals surface area contributed by atoms with Crippen LogP contribution in [0.5, 0.6) is 5.75 Å². The summed E-state index contributed by atoms with van der Waals surface area (Å²) in [6, 6.07) is 15.8. The van der Waals surface area contributed by atoms with Crippen molar-refractivity contribution < 1.29 is 9.53 Å². The second kappa shape index (κ2) is 9.11. The monoisotopic (exact) mass is 325 g/mol. The van der Waals surface area contributed by atoms with E-state index in [-0.39, 0.29) is 5.91 Å². The fourth-order valence-corrected chi connectivity index (χ4v) is 2.52. The number of hydrogen-bond donors (Lipinski definition) is 1. The van der Waals surface area contributed by atoms with Gasteiger partial charge in [-0.3, -0.25) is 4.79 Å². The molecule has 1 amide bonds. The lowest BCUT2D eigenvalue weighted by molar-refractivity contribution is -0.122. The third kappa shape index (κ3) is 5.12. The fourth-order valence-electron chi connectivity index (χ4n) is 2.52. The Hall–Kier alpha value is -2.29. The van der Waals surface area contributed by atoms with E-state index in [9.17, 15) is 4.79 Å². The number of benzene rings is 2. The maximum Gasteiger partial charge on any atom is 0.265 e. The molecule has 0 aromatic heterocycles. The second-order valence-electron chi connectivity index (χ2n) is 6.07. The lowest BCUT2D eigenvalue weighted by atomic mass is 10.1. The number of carbonyl (C=O) groups excluding carboxylic acids is 1. The molecule has 2 aromatic carbocycles. The summed E-state index contributed by atoms with van der Waals surface area (Å²) < 4.78 is 5.89. The van der Waals surface area contributed by atoms with Gasteiger partial charge in [-0.25, -0.2) is 0 Å². The predicted octanol–water partition coefficient (Wildman–Crippen LogP) is 5.13. The van der Waals surface area contributed by atoms with Crippen molar-refractivity contribution in [3.05, 3.63) is 59.7 Å². The highest BCUT2D eigenvalue weighted by Gasteiger charge is 2.19. The highest BCUT2D eigenvalue weighted by molar-refractivity contribution is 5.94. The number of aryl methyl sites for hydroxylation is 2. The zero-order valence-corrected chi connectivity index (χ0v) is 14.8. The molecule has 0 fully saturated rings. The van der Waals surface area contributed by atoms with E-state index in [0.717, 1.165) is 23.4 Å². The summed E-state index contributed by atoms with van der Waals surface area (Å²) in [5, 5.41) is 2.95. The summed E-state index contributed by atoms with van der Waals surface area (Å²) in [6.07, 6.45) is 3.58. The maximum atomic E-state index is 12.5. The molecule has 0 bridgehead atoms. The van der Waals surface area contributed by atoms with Crippen LogP contribution in [-0.4, -0.2) is 12.0 Å². The summed E-state index contributed by atoms with van der Waals surface area (Å²) in [7, 11) is 0. The normalized spacial score (nSPS) is 11.8. The molecule has 128 valence electrons. The van der Waals surface area contributed by atoms with Crippen LogP contribution in [0.4, 0.5) is 5.69 Å². The number of nitrogens with one attached hydrogen (secondary N) is 1. The molecule has 0 saturated carbocycles. The molecule has 0 saturated heterocycles. The standard InChI is InChI=1S/C21H27NO2/c1-4-6-10-17-12-14-18(15-13-17)22-21(23)19(5-2)24-20-11-8-7-9-16(20)3/h7-9,11-15,19H,4-6,10H2,1-3H3,(H,22,23)/t19-/m0/s1. The number of para-hydroxylation sites is 1. The maximum absolute atomic E-state index is 12.5. The van der Waals surface area contributed by atoms with Crippen LogP contribution >= 0.6 is 0 Å². The minimum atomic E-state index is -0.495. The molecular weight excluding hydrogens is 298 g/mol. The van der Waals surface area contributed by atoms with E-state index in [1.54, 1.807) is 0 Å². The SMILES string of the molecule is CCCCc1ccc(NC(=O)[C@H](CC)Oc2ccccc2C)cc1. The molecular formula is C21H27NO2. The zero-order valence-electron chi connectivity index (χ0n) is 14.8. The van der Waals surface area contributed by atoms with E-state index < -0.39 is 6.10 Å². The van der Waals surface area contributed by atoms with Gasteiger partial charge in [0.1, 0.15) is 5.75 Å². The molecule has 0 spiro atoms. The quantitative estimate of drug-likeness (QED) is 0.730. The Balaban J connectivity index is 1.97. The average molecular weight is 325 g/mol. The molecule has 24 heavy (non-hydrogen) atoms. The first kappa shape index (κ1) is 18.1. The van der Waals surface area contributed by atoms with Crippen molar-refractivity contribution in [1.29, 1.82) is 0 Å².